The predicted octanol–water partition coefficient (Wildman–Crippen LogP) is 2.95. The van der Waals surface area contributed by atoms with E-state index in [-0.39, 0.29) is 17.9 Å². The maximum Gasteiger partial charge on any atom is 0.247 e. The lowest BCUT2D eigenvalue weighted by Crippen LogP contribution is -2.48. The van der Waals surface area contributed by atoms with Gasteiger partial charge in [-0.05, 0) is 36.1 Å². The van der Waals surface area contributed by atoms with E-state index in [1.165, 1.54) is 0 Å². The molecule has 35 heavy (non-hydrogen) atoms. The van der Waals surface area contributed by atoms with Crippen molar-refractivity contribution in [2.24, 2.45) is 0 Å². The van der Waals surface area contributed by atoms with Crippen LogP contribution in [0.25, 0.3) is 0 Å². The van der Waals surface area contributed by atoms with Gasteiger partial charge >= 0.3 is 0 Å². The molecule has 2 aromatic carbocycles. The average Bonchev–Trinajstić information content (AvgIpc) is 2.91. The number of piperidine rings is 1. The minimum Gasteiger partial charge on any atom is -0.493 e. The maximum atomic E-state index is 13.6. The smallest absolute Gasteiger partial charge is 0.247 e. The summed E-state index contributed by atoms with van der Waals surface area (Å²) in [4.78, 5) is 30.4. The zero-order valence-corrected chi connectivity index (χ0v) is 20.6. The number of nitrogens with one attached hydrogen (secondary N) is 1. The van der Waals surface area contributed by atoms with E-state index >= 15 is 0 Å². The van der Waals surface area contributed by atoms with Gasteiger partial charge in [0, 0.05) is 32.6 Å². The number of methoxy groups -OCH3 is 2. The number of nitrogens with zero attached hydrogens (tertiary/aromatic N) is 2. The van der Waals surface area contributed by atoms with Crippen molar-refractivity contribution in [2.45, 2.75) is 31.3 Å². The first-order valence-electron chi connectivity index (χ1n) is 12.3. The molecule has 0 bridgehead atoms. The van der Waals surface area contributed by atoms with Crippen LogP contribution in [0.15, 0.2) is 48.5 Å². The SMILES string of the molecule is COc1ccc(C(CNC(=O)C(c2ccccc2)N2CCCCC2=O)N2CCOCC2)cc1OC. The van der Waals surface area contributed by atoms with Crippen LogP contribution in [0.2, 0.25) is 0 Å². The Bertz CT molecular complexity index is 994. The summed E-state index contributed by atoms with van der Waals surface area (Å²) < 4.78 is 16.5. The van der Waals surface area contributed by atoms with Crippen molar-refractivity contribution in [2.75, 3.05) is 53.6 Å². The highest BCUT2D eigenvalue weighted by Gasteiger charge is 2.33. The third-order valence-electron chi connectivity index (χ3n) is 6.78. The summed E-state index contributed by atoms with van der Waals surface area (Å²) in [6.07, 6.45) is 2.26. The molecule has 1 N–H and O–H groups in total. The fourth-order valence-electron chi connectivity index (χ4n) is 4.91. The third-order valence-corrected chi connectivity index (χ3v) is 6.78. The molecule has 2 heterocycles. The Morgan fingerprint density at radius 1 is 0.971 bits per heavy atom. The van der Waals surface area contributed by atoms with Gasteiger partial charge in [-0.3, -0.25) is 14.5 Å². The molecule has 2 amide bonds. The highest BCUT2D eigenvalue weighted by molar-refractivity contribution is 5.89. The van der Waals surface area contributed by atoms with Gasteiger partial charge in [0.15, 0.2) is 11.5 Å². The van der Waals surface area contributed by atoms with Crippen LogP contribution < -0.4 is 14.8 Å². The Morgan fingerprint density at radius 3 is 2.40 bits per heavy atom. The highest BCUT2D eigenvalue weighted by Crippen LogP contribution is 2.32. The fraction of sp³-hybridized carbons (Fsp3) is 0.481. The number of carbonyl (C=O) groups is 2. The van der Waals surface area contributed by atoms with Crippen LogP contribution in [0.1, 0.15) is 42.5 Å². The quantitative estimate of drug-likeness (QED) is 0.593. The van der Waals surface area contributed by atoms with Crippen molar-refractivity contribution < 1.29 is 23.8 Å². The zero-order chi connectivity index (χ0) is 24.6. The molecule has 8 heteroatoms. The first kappa shape index (κ1) is 25.0. The lowest BCUT2D eigenvalue weighted by atomic mass is 9.99. The lowest BCUT2D eigenvalue weighted by molar-refractivity contribution is -0.142. The normalized spacial score (nSPS) is 18.6. The summed E-state index contributed by atoms with van der Waals surface area (Å²) in [6.45, 7) is 3.82. The molecule has 4 rings (SSSR count). The topological polar surface area (TPSA) is 80.3 Å². The number of hydrogen-bond donors (Lipinski definition) is 1. The summed E-state index contributed by atoms with van der Waals surface area (Å²) in [7, 11) is 3.23. The molecule has 2 aliphatic heterocycles. The largest absolute Gasteiger partial charge is 0.493 e. The van der Waals surface area contributed by atoms with Gasteiger partial charge in [-0.15, -0.1) is 0 Å². The van der Waals surface area contributed by atoms with Crippen LogP contribution in [0.4, 0.5) is 0 Å². The summed E-state index contributed by atoms with van der Waals surface area (Å²) in [5.41, 5.74) is 1.85. The number of amides is 2. The molecule has 2 fully saturated rings. The van der Waals surface area contributed by atoms with Gasteiger partial charge in [0.2, 0.25) is 11.8 Å². The second-order valence-electron chi connectivity index (χ2n) is 8.88. The third kappa shape index (κ3) is 5.94. The maximum absolute atomic E-state index is 13.6. The first-order valence-corrected chi connectivity index (χ1v) is 12.3. The minimum atomic E-state index is -0.639. The number of benzene rings is 2. The van der Waals surface area contributed by atoms with Gasteiger partial charge in [0.25, 0.3) is 0 Å². The fourth-order valence-corrected chi connectivity index (χ4v) is 4.91. The van der Waals surface area contributed by atoms with Crippen molar-refractivity contribution >= 4 is 11.8 Å². The molecule has 188 valence electrons. The van der Waals surface area contributed by atoms with Crippen LogP contribution in [-0.4, -0.2) is 75.2 Å². The number of rotatable bonds is 9. The molecule has 2 aromatic rings. The summed E-state index contributed by atoms with van der Waals surface area (Å²) in [6, 6.07) is 14.7. The molecule has 0 saturated carbocycles. The number of morpholine rings is 1. The van der Waals surface area contributed by atoms with E-state index in [0.29, 0.717) is 44.2 Å². The van der Waals surface area contributed by atoms with E-state index < -0.39 is 6.04 Å². The summed E-state index contributed by atoms with van der Waals surface area (Å²) >= 11 is 0. The van der Waals surface area contributed by atoms with Crippen LogP contribution in [0.5, 0.6) is 11.5 Å². The number of carbonyl (C=O) groups excluding carboxylic acids is 2. The molecule has 8 nitrogen and oxygen atoms in total. The van der Waals surface area contributed by atoms with Gasteiger partial charge in [-0.25, -0.2) is 0 Å². The Labute approximate surface area is 207 Å². The van der Waals surface area contributed by atoms with Crippen LogP contribution in [-0.2, 0) is 14.3 Å². The van der Waals surface area contributed by atoms with Crippen LogP contribution in [0, 0.1) is 0 Å². The van der Waals surface area contributed by atoms with Crippen LogP contribution in [0.3, 0.4) is 0 Å². The van der Waals surface area contributed by atoms with Crippen LogP contribution >= 0.6 is 0 Å². The lowest BCUT2D eigenvalue weighted by Gasteiger charge is -2.37. The molecule has 2 atom stereocenters. The minimum absolute atomic E-state index is 0.0323. The van der Waals surface area contributed by atoms with Crippen molar-refractivity contribution in [1.82, 2.24) is 15.1 Å². The van der Waals surface area contributed by atoms with Crippen molar-refractivity contribution in [3.63, 3.8) is 0 Å². The van der Waals surface area contributed by atoms with E-state index in [2.05, 4.69) is 10.2 Å². The van der Waals surface area contributed by atoms with E-state index in [0.717, 1.165) is 37.1 Å². The highest BCUT2D eigenvalue weighted by atomic mass is 16.5. The van der Waals surface area contributed by atoms with Gasteiger partial charge in [0.05, 0.1) is 33.5 Å². The second-order valence-corrected chi connectivity index (χ2v) is 8.88. The molecular weight excluding hydrogens is 446 g/mol. The van der Waals surface area contributed by atoms with E-state index in [9.17, 15) is 9.59 Å². The number of ether oxygens (including phenoxy) is 3. The van der Waals surface area contributed by atoms with Gasteiger partial charge in [-0.2, -0.15) is 0 Å². The first-order chi connectivity index (χ1) is 17.1. The van der Waals surface area contributed by atoms with Gasteiger partial charge in [0.1, 0.15) is 6.04 Å². The molecular formula is C27H35N3O5. The average molecular weight is 482 g/mol. The van der Waals surface area contributed by atoms with Gasteiger partial charge < -0.3 is 24.4 Å². The number of hydrogen-bond acceptors (Lipinski definition) is 6. The van der Waals surface area contributed by atoms with Crippen molar-refractivity contribution in [3.05, 3.63) is 59.7 Å². The monoisotopic (exact) mass is 481 g/mol. The molecule has 0 aliphatic carbocycles. The molecule has 2 aliphatic rings. The molecule has 2 saturated heterocycles. The zero-order valence-electron chi connectivity index (χ0n) is 20.6. The molecule has 0 spiro atoms. The van der Waals surface area contributed by atoms with Crippen molar-refractivity contribution in [3.8, 4) is 11.5 Å². The second kappa shape index (κ2) is 12.0. The van der Waals surface area contributed by atoms with Gasteiger partial charge in [-0.1, -0.05) is 36.4 Å². The summed E-state index contributed by atoms with van der Waals surface area (Å²) in [5.74, 6) is 1.18. The predicted molar refractivity (Wildman–Crippen MR) is 132 cm³/mol. The van der Waals surface area contributed by atoms with Crippen molar-refractivity contribution in [1.29, 1.82) is 0 Å². The summed E-state index contributed by atoms with van der Waals surface area (Å²) in [5, 5.41) is 3.17. The van der Waals surface area contributed by atoms with E-state index in [4.69, 9.17) is 14.2 Å². The van der Waals surface area contributed by atoms with E-state index in [1.54, 1.807) is 19.1 Å². The Morgan fingerprint density at radius 2 is 1.71 bits per heavy atom. The standard InChI is InChI=1S/C27H35N3O5/c1-33-23-12-11-21(18-24(23)34-2)22(29-14-16-35-17-15-29)19-28-27(32)26(20-8-4-3-5-9-20)30-13-7-6-10-25(30)31/h3-5,8-9,11-12,18,22,26H,6-7,10,13-17,19H2,1-2H3,(H,28,32). The Balaban J connectivity index is 1.57. The molecule has 2 unspecified atom stereocenters. The number of likely N-dealkylation sites (tertiary alicyclic amines) is 1. The van der Waals surface area contributed by atoms with E-state index in [1.807, 2.05) is 48.5 Å². The molecule has 0 radical (unpaired) electrons. The Kier molecular flexibility index (Phi) is 8.60. The Hall–Kier alpha value is -3.10. The molecule has 0 aromatic heterocycles.